The van der Waals surface area contributed by atoms with Crippen molar-refractivity contribution in [1.29, 1.82) is 0 Å². The van der Waals surface area contributed by atoms with Gasteiger partial charge >= 0.3 is 5.97 Å². The van der Waals surface area contributed by atoms with E-state index in [1.165, 1.54) is 0 Å². The molecule has 0 radical (unpaired) electrons. The summed E-state index contributed by atoms with van der Waals surface area (Å²) in [6.45, 7) is 3.04. The van der Waals surface area contributed by atoms with Crippen LogP contribution in [0.15, 0.2) is 0 Å². The third-order valence-electron chi connectivity index (χ3n) is 2.21. The van der Waals surface area contributed by atoms with Crippen LogP contribution in [0.1, 0.15) is 13.8 Å². The second-order valence-electron chi connectivity index (χ2n) is 4.13. The van der Waals surface area contributed by atoms with Gasteiger partial charge in [0.05, 0.1) is 12.6 Å². The maximum Gasteiger partial charge on any atom is 0.326 e. The molecule has 0 spiro atoms. The number of carboxylic acid groups (broad SMARTS) is 1. The third kappa shape index (κ3) is 5.87. The zero-order valence-corrected chi connectivity index (χ0v) is 11.2. The first kappa shape index (κ1) is 16.7. The van der Waals surface area contributed by atoms with Crippen LogP contribution in [0.5, 0.6) is 0 Å². The number of amides is 2. The lowest BCUT2D eigenvalue weighted by atomic mass is 10.1. The summed E-state index contributed by atoms with van der Waals surface area (Å²) >= 11 is 3.84. The van der Waals surface area contributed by atoms with Crippen molar-refractivity contribution < 1.29 is 19.5 Å². The van der Waals surface area contributed by atoms with Gasteiger partial charge in [-0.2, -0.15) is 12.6 Å². The van der Waals surface area contributed by atoms with Gasteiger partial charge in [0, 0.05) is 5.75 Å². The van der Waals surface area contributed by atoms with E-state index in [1.807, 2.05) is 0 Å². The minimum atomic E-state index is -1.11. The fourth-order valence-corrected chi connectivity index (χ4v) is 1.29. The van der Waals surface area contributed by atoms with Gasteiger partial charge < -0.3 is 21.5 Å². The van der Waals surface area contributed by atoms with Crippen LogP contribution in [0.3, 0.4) is 0 Å². The molecule has 0 heterocycles. The van der Waals surface area contributed by atoms with Gasteiger partial charge in [0.25, 0.3) is 0 Å². The van der Waals surface area contributed by atoms with Gasteiger partial charge in [0.2, 0.25) is 11.8 Å². The van der Waals surface area contributed by atoms with E-state index >= 15 is 0 Å². The Balaban J connectivity index is 4.19. The lowest BCUT2D eigenvalue weighted by Gasteiger charge is -2.18. The number of aliphatic carboxylic acids is 1. The molecule has 7 nitrogen and oxygen atoms in total. The Morgan fingerprint density at radius 1 is 1.33 bits per heavy atom. The van der Waals surface area contributed by atoms with Crippen LogP contribution >= 0.6 is 12.6 Å². The smallest absolute Gasteiger partial charge is 0.326 e. The van der Waals surface area contributed by atoms with Crippen molar-refractivity contribution >= 4 is 30.4 Å². The van der Waals surface area contributed by atoms with Gasteiger partial charge in [-0.25, -0.2) is 4.79 Å². The molecule has 0 saturated carbocycles. The molecule has 0 bridgehead atoms. The normalized spacial score (nSPS) is 13.8. The van der Waals surface area contributed by atoms with Crippen molar-refractivity contribution in [2.75, 3.05) is 12.3 Å². The molecule has 0 aromatic rings. The minimum Gasteiger partial charge on any atom is -0.480 e. The number of nitrogens with two attached hydrogens (primary N) is 1. The Kier molecular flexibility index (Phi) is 7.37. The van der Waals surface area contributed by atoms with Crippen LogP contribution in [0, 0.1) is 5.92 Å². The molecular weight excluding hydrogens is 258 g/mol. The van der Waals surface area contributed by atoms with Gasteiger partial charge in [-0.15, -0.1) is 0 Å². The summed E-state index contributed by atoms with van der Waals surface area (Å²) in [5.74, 6) is -2.28. The van der Waals surface area contributed by atoms with Crippen molar-refractivity contribution in [2.45, 2.75) is 25.9 Å². The largest absolute Gasteiger partial charge is 0.480 e. The molecule has 2 atom stereocenters. The average molecular weight is 277 g/mol. The Labute approximate surface area is 111 Å². The molecule has 0 aromatic carbocycles. The van der Waals surface area contributed by atoms with Gasteiger partial charge in [-0.1, -0.05) is 13.8 Å². The first-order chi connectivity index (χ1) is 8.29. The molecular formula is C10H19N3O4S. The standard InChI is InChI=1S/C10H19N3O4S/c1-5(2)8(10(16)17)13-7(14)3-12-9(15)6(11)4-18/h5-6,8,18H,3-4,11H2,1-2H3,(H,12,15)(H,13,14)(H,16,17)/t6-,8-/m0/s1. The molecule has 0 aliphatic heterocycles. The molecule has 0 saturated heterocycles. The van der Waals surface area contributed by atoms with Crippen LogP contribution in [-0.2, 0) is 14.4 Å². The van der Waals surface area contributed by atoms with E-state index in [4.69, 9.17) is 10.8 Å². The molecule has 8 heteroatoms. The molecule has 0 rings (SSSR count). The van der Waals surface area contributed by atoms with Crippen molar-refractivity contribution in [3.8, 4) is 0 Å². The number of nitrogens with one attached hydrogen (secondary N) is 2. The van der Waals surface area contributed by atoms with Gasteiger partial charge in [0.15, 0.2) is 0 Å². The number of rotatable bonds is 7. The Morgan fingerprint density at radius 3 is 2.28 bits per heavy atom. The highest BCUT2D eigenvalue weighted by molar-refractivity contribution is 7.80. The number of thiol groups is 1. The second kappa shape index (κ2) is 7.93. The predicted octanol–water partition coefficient (Wildman–Crippen LogP) is -1.41. The SMILES string of the molecule is CC(C)[C@H](NC(=O)CNC(=O)[C@@H](N)CS)C(=O)O. The topological polar surface area (TPSA) is 122 Å². The maximum atomic E-state index is 11.4. The van der Waals surface area contributed by atoms with E-state index in [-0.39, 0.29) is 18.2 Å². The third-order valence-corrected chi connectivity index (χ3v) is 2.60. The predicted molar refractivity (Wildman–Crippen MR) is 69.2 cm³/mol. The molecule has 0 aliphatic carbocycles. The molecule has 0 fully saturated rings. The number of hydrogen-bond acceptors (Lipinski definition) is 5. The van der Waals surface area contributed by atoms with Crippen LogP contribution in [0.2, 0.25) is 0 Å². The van der Waals surface area contributed by atoms with Gasteiger partial charge in [-0.3, -0.25) is 9.59 Å². The molecule has 0 aromatic heterocycles. The van der Waals surface area contributed by atoms with Crippen LogP contribution < -0.4 is 16.4 Å². The van der Waals surface area contributed by atoms with Crippen LogP contribution in [0.25, 0.3) is 0 Å². The number of carboxylic acids is 1. The molecule has 0 aliphatic rings. The molecule has 2 amide bonds. The molecule has 18 heavy (non-hydrogen) atoms. The number of carbonyl (C=O) groups is 3. The van der Waals surface area contributed by atoms with E-state index in [2.05, 4.69) is 23.3 Å². The highest BCUT2D eigenvalue weighted by Crippen LogP contribution is 2.01. The van der Waals surface area contributed by atoms with Crippen molar-refractivity contribution in [3.05, 3.63) is 0 Å². The Bertz CT molecular complexity index is 322. The summed E-state index contributed by atoms with van der Waals surface area (Å²) in [4.78, 5) is 33.5. The lowest BCUT2D eigenvalue weighted by Crippen LogP contribution is -2.50. The monoisotopic (exact) mass is 277 g/mol. The highest BCUT2D eigenvalue weighted by atomic mass is 32.1. The van der Waals surface area contributed by atoms with Gasteiger partial charge in [0.1, 0.15) is 6.04 Å². The van der Waals surface area contributed by atoms with E-state index in [9.17, 15) is 14.4 Å². The fraction of sp³-hybridized carbons (Fsp3) is 0.700. The second-order valence-corrected chi connectivity index (χ2v) is 4.50. The zero-order valence-electron chi connectivity index (χ0n) is 10.3. The summed E-state index contributed by atoms with van der Waals surface area (Å²) in [5.41, 5.74) is 5.39. The van der Waals surface area contributed by atoms with Gasteiger partial charge in [-0.05, 0) is 5.92 Å². The summed E-state index contributed by atoms with van der Waals surface area (Å²) in [7, 11) is 0. The maximum absolute atomic E-state index is 11.4. The quantitative estimate of drug-likeness (QED) is 0.366. The Hall–Kier alpha value is -1.28. The fourth-order valence-electron chi connectivity index (χ4n) is 1.12. The molecule has 0 unspecified atom stereocenters. The molecule has 104 valence electrons. The van der Waals surface area contributed by atoms with Crippen LogP contribution in [-0.4, -0.2) is 47.3 Å². The van der Waals surface area contributed by atoms with Crippen molar-refractivity contribution in [1.82, 2.24) is 10.6 Å². The van der Waals surface area contributed by atoms with E-state index in [0.29, 0.717) is 0 Å². The van der Waals surface area contributed by atoms with E-state index in [0.717, 1.165) is 0 Å². The van der Waals surface area contributed by atoms with Crippen molar-refractivity contribution in [2.24, 2.45) is 11.7 Å². The average Bonchev–Trinajstić information content (AvgIpc) is 2.30. The molecule has 5 N–H and O–H groups in total. The zero-order chi connectivity index (χ0) is 14.3. The summed E-state index contributed by atoms with van der Waals surface area (Å²) in [5, 5.41) is 13.5. The summed E-state index contributed by atoms with van der Waals surface area (Å²) < 4.78 is 0. The summed E-state index contributed by atoms with van der Waals surface area (Å²) in [6.07, 6.45) is 0. The number of carbonyl (C=O) groups excluding carboxylic acids is 2. The minimum absolute atomic E-state index is 0.164. The van der Waals surface area contributed by atoms with E-state index in [1.54, 1.807) is 13.8 Å². The Morgan fingerprint density at radius 2 is 1.89 bits per heavy atom. The van der Waals surface area contributed by atoms with Crippen LogP contribution in [0.4, 0.5) is 0 Å². The highest BCUT2D eigenvalue weighted by Gasteiger charge is 2.23. The number of hydrogen-bond donors (Lipinski definition) is 5. The first-order valence-corrected chi connectivity index (χ1v) is 6.09. The van der Waals surface area contributed by atoms with E-state index < -0.39 is 29.9 Å². The first-order valence-electron chi connectivity index (χ1n) is 5.45. The van der Waals surface area contributed by atoms with Crippen molar-refractivity contribution in [3.63, 3.8) is 0 Å². The summed E-state index contributed by atoms with van der Waals surface area (Å²) in [6, 6.07) is -1.77. The lowest BCUT2D eigenvalue weighted by molar-refractivity contribution is -0.143.